The van der Waals surface area contributed by atoms with Gasteiger partial charge in [0.2, 0.25) is 0 Å². The third kappa shape index (κ3) is 0.975. The van der Waals surface area contributed by atoms with Crippen molar-refractivity contribution in [3.63, 3.8) is 0 Å². The van der Waals surface area contributed by atoms with Crippen molar-refractivity contribution in [3.8, 4) is 0 Å². The van der Waals surface area contributed by atoms with E-state index in [9.17, 15) is 0 Å². The van der Waals surface area contributed by atoms with E-state index < -0.39 is 0 Å². The van der Waals surface area contributed by atoms with Crippen LogP contribution < -0.4 is 0 Å². The summed E-state index contributed by atoms with van der Waals surface area (Å²) in [6.45, 7) is 3.71. The first kappa shape index (κ1) is 6.98. The molecule has 0 amide bonds. The minimum atomic E-state index is 0.912. The molecule has 0 aliphatic heterocycles. The van der Waals surface area contributed by atoms with Gasteiger partial charge in [0.1, 0.15) is 0 Å². The Morgan fingerprint density at radius 1 is 1.17 bits per heavy atom. The summed E-state index contributed by atoms with van der Waals surface area (Å²) in [6.07, 6.45) is 5.31. The second kappa shape index (κ2) is 2.74. The highest BCUT2D eigenvalue weighted by Gasteiger charge is 1.96. The minimum absolute atomic E-state index is 0.912. The van der Waals surface area contributed by atoms with E-state index in [1.807, 2.05) is 18.2 Å². The Balaban J connectivity index is 2.88. The molecule has 58 valence electrons. The lowest BCUT2D eigenvalue weighted by molar-refractivity contribution is 1.33. The molecular weight excluding hydrogens is 148 g/mol. The zero-order valence-corrected chi connectivity index (χ0v) is 6.57. The molecule has 0 saturated carbocycles. The molecule has 0 spiro atoms. The fraction of sp³-hybridized carbons (Fsp3) is 0. The molecule has 0 atom stereocenters. The smallest absolute Gasteiger partial charge is 0.0958 e. The molecule has 0 bridgehead atoms. The van der Waals surface area contributed by atoms with E-state index in [4.69, 9.17) is 0 Å². The molecule has 2 heteroatoms. The molecule has 0 fully saturated rings. The molecule has 0 aliphatic rings. The predicted molar refractivity (Wildman–Crippen MR) is 49.6 cm³/mol. The summed E-state index contributed by atoms with van der Waals surface area (Å²) in [5.41, 5.74) is 2.85. The van der Waals surface area contributed by atoms with Crippen LogP contribution >= 0.6 is 0 Å². The standard InChI is InChI=1S/C10H8N2/c1-2-8-5-7-11-9-4-3-6-12-10(8)9/h2-7H,1H2. The van der Waals surface area contributed by atoms with Gasteiger partial charge in [-0.1, -0.05) is 12.7 Å². The van der Waals surface area contributed by atoms with Crippen LogP contribution in [0.4, 0.5) is 0 Å². The van der Waals surface area contributed by atoms with Crippen LogP contribution in [0.15, 0.2) is 37.2 Å². The highest BCUT2D eigenvalue weighted by Crippen LogP contribution is 2.13. The summed E-state index contributed by atoms with van der Waals surface area (Å²) in [5.74, 6) is 0. The van der Waals surface area contributed by atoms with Gasteiger partial charge in [-0.2, -0.15) is 0 Å². The number of nitrogens with zero attached hydrogens (tertiary/aromatic N) is 2. The topological polar surface area (TPSA) is 25.8 Å². The number of hydrogen-bond acceptors (Lipinski definition) is 2. The Hall–Kier alpha value is -1.70. The Morgan fingerprint density at radius 2 is 2.08 bits per heavy atom. The van der Waals surface area contributed by atoms with Gasteiger partial charge in [0.15, 0.2) is 0 Å². The summed E-state index contributed by atoms with van der Waals surface area (Å²) in [6, 6.07) is 5.72. The molecule has 0 radical (unpaired) electrons. The van der Waals surface area contributed by atoms with E-state index in [0.29, 0.717) is 0 Å². The SMILES string of the molecule is C=Cc1ccnc2cccnc12. The molecule has 2 aromatic rings. The normalized spacial score (nSPS) is 10.0. The summed E-state index contributed by atoms with van der Waals surface area (Å²) in [5, 5.41) is 0. The van der Waals surface area contributed by atoms with Crippen molar-refractivity contribution < 1.29 is 0 Å². The van der Waals surface area contributed by atoms with E-state index >= 15 is 0 Å². The lowest BCUT2D eigenvalue weighted by Crippen LogP contribution is -1.84. The van der Waals surface area contributed by atoms with Crippen molar-refractivity contribution in [2.75, 3.05) is 0 Å². The Morgan fingerprint density at radius 3 is 2.92 bits per heavy atom. The van der Waals surface area contributed by atoms with Gasteiger partial charge in [-0.05, 0) is 18.2 Å². The zero-order valence-electron chi connectivity index (χ0n) is 6.57. The summed E-state index contributed by atoms with van der Waals surface area (Å²) in [4.78, 5) is 8.40. The highest BCUT2D eigenvalue weighted by atomic mass is 14.7. The first-order valence-corrected chi connectivity index (χ1v) is 3.74. The third-order valence-electron chi connectivity index (χ3n) is 1.75. The van der Waals surface area contributed by atoms with Gasteiger partial charge in [-0.25, -0.2) is 0 Å². The monoisotopic (exact) mass is 156 g/mol. The maximum absolute atomic E-state index is 4.22. The molecule has 0 unspecified atom stereocenters. The van der Waals surface area contributed by atoms with Gasteiger partial charge in [0.25, 0.3) is 0 Å². The quantitative estimate of drug-likeness (QED) is 0.633. The van der Waals surface area contributed by atoms with Gasteiger partial charge in [-0.15, -0.1) is 0 Å². The van der Waals surface area contributed by atoms with Crippen molar-refractivity contribution in [1.29, 1.82) is 0 Å². The lowest BCUT2D eigenvalue weighted by atomic mass is 10.2. The average Bonchev–Trinajstić information content (AvgIpc) is 2.17. The van der Waals surface area contributed by atoms with E-state index in [-0.39, 0.29) is 0 Å². The fourth-order valence-electron chi connectivity index (χ4n) is 1.16. The van der Waals surface area contributed by atoms with Crippen LogP contribution in [0.5, 0.6) is 0 Å². The molecule has 2 nitrogen and oxygen atoms in total. The fourth-order valence-corrected chi connectivity index (χ4v) is 1.16. The zero-order chi connectivity index (χ0) is 8.39. The summed E-state index contributed by atoms with van der Waals surface area (Å²) in [7, 11) is 0. The van der Waals surface area contributed by atoms with Gasteiger partial charge >= 0.3 is 0 Å². The number of rotatable bonds is 1. The Kier molecular flexibility index (Phi) is 1.59. The second-order valence-corrected chi connectivity index (χ2v) is 2.48. The average molecular weight is 156 g/mol. The Bertz CT molecular complexity index is 416. The van der Waals surface area contributed by atoms with Crippen LogP contribution in [0, 0.1) is 0 Å². The van der Waals surface area contributed by atoms with Crippen LogP contribution in [0.3, 0.4) is 0 Å². The van der Waals surface area contributed by atoms with E-state index in [1.54, 1.807) is 18.5 Å². The van der Waals surface area contributed by atoms with Gasteiger partial charge < -0.3 is 0 Å². The van der Waals surface area contributed by atoms with Gasteiger partial charge in [0.05, 0.1) is 11.0 Å². The number of aromatic nitrogens is 2. The second-order valence-electron chi connectivity index (χ2n) is 2.48. The molecule has 2 rings (SSSR count). The minimum Gasteiger partial charge on any atom is -0.255 e. The summed E-state index contributed by atoms with van der Waals surface area (Å²) >= 11 is 0. The molecule has 0 saturated heterocycles. The first-order valence-electron chi connectivity index (χ1n) is 3.74. The van der Waals surface area contributed by atoms with E-state index in [1.165, 1.54) is 0 Å². The number of hydrogen-bond donors (Lipinski definition) is 0. The maximum atomic E-state index is 4.22. The van der Waals surface area contributed by atoms with E-state index in [0.717, 1.165) is 16.6 Å². The van der Waals surface area contributed by atoms with Crippen molar-refractivity contribution in [1.82, 2.24) is 9.97 Å². The first-order chi connectivity index (χ1) is 5.92. The van der Waals surface area contributed by atoms with E-state index in [2.05, 4.69) is 16.5 Å². The van der Waals surface area contributed by atoms with Crippen molar-refractivity contribution >= 4 is 17.1 Å². The van der Waals surface area contributed by atoms with Crippen molar-refractivity contribution in [3.05, 3.63) is 42.7 Å². The van der Waals surface area contributed by atoms with Crippen molar-refractivity contribution in [2.24, 2.45) is 0 Å². The third-order valence-corrected chi connectivity index (χ3v) is 1.75. The largest absolute Gasteiger partial charge is 0.255 e. The summed E-state index contributed by atoms with van der Waals surface area (Å²) < 4.78 is 0. The highest BCUT2D eigenvalue weighted by molar-refractivity contribution is 5.83. The molecule has 2 heterocycles. The molecule has 12 heavy (non-hydrogen) atoms. The van der Waals surface area contributed by atoms with Crippen LogP contribution in [-0.4, -0.2) is 9.97 Å². The number of pyridine rings is 2. The maximum Gasteiger partial charge on any atom is 0.0958 e. The van der Waals surface area contributed by atoms with Crippen LogP contribution in [0.2, 0.25) is 0 Å². The molecular formula is C10H8N2. The van der Waals surface area contributed by atoms with Crippen LogP contribution in [0.25, 0.3) is 17.1 Å². The number of fused-ring (bicyclic) bond motifs is 1. The molecule has 0 aliphatic carbocycles. The lowest BCUT2D eigenvalue weighted by Gasteiger charge is -1.97. The van der Waals surface area contributed by atoms with Crippen LogP contribution in [-0.2, 0) is 0 Å². The van der Waals surface area contributed by atoms with Crippen molar-refractivity contribution in [2.45, 2.75) is 0 Å². The van der Waals surface area contributed by atoms with Gasteiger partial charge in [-0.3, -0.25) is 9.97 Å². The molecule has 0 aromatic carbocycles. The molecule has 0 N–H and O–H groups in total. The van der Waals surface area contributed by atoms with Crippen LogP contribution in [0.1, 0.15) is 5.56 Å². The molecule has 2 aromatic heterocycles. The predicted octanol–water partition coefficient (Wildman–Crippen LogP) is 2.27. The Labute approximate surface area is 70.6 Å². The van der Waals surface area contributed by atoms with Gasteiger partial charge in [0, 0.05) is 18.0 Å².